The van der Waals surface area contributed by atoms with Gasteiger partial charge in [-0.05, 0) is 35.9 Å². The number of benzene rings is 2. The van der Waals surface area contributed by atoms with Crippen LogP contribution in [-0.2, 0) is 4.79 Å². The number of nitrogens with zero attached hydrogens (tertiary/aromatic N) is 1. The first-order valence-corrected chi connectivity index (χ1v) is 8.34. The zero-order valence-electron chi connectivity index (χ0n) is 11.8. The number of para-hydroxylation sites is 1. The molecular formula is C17H11Cl2NO2S. The molecule has 2 aromatic carbocycles. The van der Waals surface area contributed by atoms with Gasteiger partial charge in [-0.25, -0.2) is 4.98 Å². The number of carboxylic acid groups (broad SMARTS) is 1. The number of fused-ring (bicyclic) bond motifs is 1. The van der Waals surface area contributed by atoms with Gasteiger partial charge in [0, 0.05) is 15.6 Å². The van der Waals surface area contributed by atoms with Crippen molar-refractivity contribution in [3.8, 4) is 0 Å². The molecule has 1 heterocycles. The number of hydrogen-bond acceptors (Lipinski definition) is 3. The lowest BCUT2D eigenvalue weighted by molar-refractivity contribution is -0.135. The normalized spacial score (nSPS) is 11.8. The summed E-state index contributed by atoms with van der Waals surface area (Å²) in [4.78, 5) is 15.8. The van der Waals surface area contributed by atoms with Crippen molar-refractivity contribution >= 4 is 62.4 Å². The van der Waals surface area contributed by atoms with E-state index in [2.05, 4.69) is 4.98 Å². The van der Waals surface area contributed by atoms with Crippen LogP contribution in [0.2, 0.25) is 10.0 Å². The Balaban J connectivity index is 2.14. The number of carbonyl (C=O) groups is 1. The molecule has 0 aliphatic carbocycles. The third kappa shape index (κ3) is 3.55. The van der Waals surface area contributed by atoms with Gasteiger partial charge in [-0.1, -0.05) is 41.4 Å². The largest absolute Gasteiger partial charge is 0.481 e. The van der Waals surface area contributed by atoms with Gasteiger partial charge in [0.15, 0.2) is 0 Å². The van der Waals surface area contributed by atoms with Crippen LogP contribution in [-0.4, -0.2) is 16.1 Å². The Labute approximate surface area is 146 Å². The quantitative estimate of drug-likeness (QED) is 0.654. The van der Waals surface area contributed by atoms with Crippen LogP contribution in [0, 0.1) is 0 Å². The standard InChI is InChI=1S/C17H11Cl2NO2S/c18-12-4-3-5-13(19)11(12)8-10(9-16(21)22)17-20-14-6-1-2-7-15(14)23-17/h1-8H,9H2,(H,21,22)/b10-8+. The molecule has 3 aromatic rings. The van der Waals surface area contributed by atoms with Crippen LogP contribution in [0.25, 0.3) is 21.9 Å². The van der Waals surface area contributed by atoms with Gasteiger partial charge in [0.2, 0.25) is 0 Å². The SMILES string of the molecule is O=C(O)C/C(=C\c1c(Cl)cccc1Cl)c1nc2ccccc2s1. The van der Waals surface area contributed by atoms with Crippen molar-refractivity contribution in [2.75, 3.05) is 0 Å². The Morgan fingerprint density at radius 2 is 1.83 bits per heavy atom. The highest BCUT2D eigenvalue weighted by Gasteiger charge is 2.14. The summed E-state index contributed by atoms with van der Waals surface area (Å²) in [6, 6.07) is 12.9. The number of rotatable bonds is 4. The minimum Gasteiger partial charge on any atom is -0.481 e. The molecule has 6 heteroatoms. The predicted molar refractivity (Wildman–Crippen MR) is 96.2 cm³/mol. The predicted octanol–water partition coefficient (Wildman–Crippen LogP) is 5.62. The number of aliphatic carboxylic acids is 1. The summed E-state index contributed by atoms with van der Waals surface area (Å²) in [7, 11) is 0. The summed E-state index contributed by atoms with van der Waals surface area (Å²) in [5.74, 6) is -0.932. The molecule has 0 saturated heterocycles. The van der Waals surface area contributed by atoms with E-state index in [9.17, 15) is 9.90 Å². The first-order valence-electron chi connectivity index (χ1n) is 6.77. The second-order valence-electron chi connectivity index (χ2n) is 4.86. The Bertz CT molecular complexity index is 865. The van der Waals surface area contributed by atoms with E-state index in [1.165, 1.54) is 11.3 Å². The fraction of sp³-hybridized carbons (Fsp3) is 0.0588. The third-order valence-electron chi connectivity index (χ3n) is 3.23. The molecule has 0 radical (unpaired) electrons. The average Bonchev–Trinajstić information content (AvgIpc) is 2.93. The first kappa shape index (κ1) is 16.0. The van der Waals surface area contributed by atoms with E-state index in [0.717, 1.165) is 10.2 Å². The van der Waals surface area contributed by atoms with Crippen LogP contribution in [0.15, 0.2) is 42.5 Å². The minimum absolute atomic E-state index is 0.151. The molecule has 1 N–H and O–H groups in total. The van der Waals surface area contributed by atoms with Gasteiger partial charge >= 0.3 is 5.97 Å². The smallest absolute Gasteiger partial charge is 0.307 e. The van der Waals surface area contributed by atoms with Crippen molar-refractivity contribution in [1.82, 2.24) is 4.98 Å². The number of carboxylic acids is 1. The van der Waals surface area contributed by atoms with Gasteiger partial charge in [-0.2, -0.15) is 0 Å². The Morgan fingerprint density at radius 3 is 2.48 bits per heavy atom. The molecule has 23 heavy (non-hydrogen) atoms. The molecule has 116 valence electrons. The summed E-state index contributed by atoms with van der Waals surface area (Å²) in [6.45, 7) is 0. The van der Waals surface area contributed by atoms with E-state index < -0.39 is 5.97 Å². The maximum Gasteiger partial charge on any atom is 0.307 e. The second kappa shape index (κ2) is 6.71. The van der Waals surface area contributed by atoms with Crippen molar-refractivity contribution in [2.45, 2.75) is 6.42 Å². The van der Waals surface area contributed by atoms with Gasteiger partial charge in [-0.3, -0.25) is 4.79 Å². The Kier molecular flexibility index (Phi) is 4.66. The highest BCUT2D eigenvalue weighted by molar-refractivity contribution is 7.19. The summed E-state index contributed by atoms with van der Waals surface area (Å²) in [6.07, 6.45) is 1.55. The van der Waals surface area contributed by atoms with Crippen LogP contribution in [0.4, 0.5) is 0 Å². The van der Waals surface area contributed by atoms with Crippen LogP contribution in [0.3, 0.4) is 0 Å². The molecule has 3 nitrogen and oxygen atoms in total. The average molecular weight is 364 g/mol. The third-order valence-corrected chi connectivity index (χ3v) is 5.00. The van der Waals surface area contributed by atoms with Gasteiger partial charge < -0.3 is 5.11 Å². The van der Waals surface area contributed by atoms with Gasteiger partial charge in [0.25, 0.3) is 0 Å². The summed E-state index contributed by atoms with van der Waals surface area (Å²) in [5.41, 5.74) is 2.02. The lowest BCUT2D eigenvalue weighted by Gasteiger charge is -2.05. The molecule has 0 atom stereocenters. The number of halogens is 2. The highest BCUT2D eigenvalue weighted by atomic mass is 35.5. The molecule has 0 saturated carbocycles. The molecule has 0 unspecified atom stereocenters. The van der Waals surface area contributed by atoms with Crippen molar-refractivity contribution in [1.29, 1.82) is 0 Å². The zero-order valence-corrected chi connectivity index (χ0v) is 14.1. The van der Waals surface area contributed by atoms with Crippen LogP contribution >= 0.6 is 34.5 Å². The van der Waals surface area contributed by atoms with E-state index in [1.807, 2.05) is 24.3 Å². The number of aromatic nitrogens is 1. The van der Waals surface area contributed by atoms with Gasteiger partial charge in [-0.15, -0.1) is 11.3 Å². The molecule has 0 fully saturated rings. The highest BCUT2D eigenvalue weighted by Crippen LogP contribution is 2.33. The number of thiazole rings is 1. The first-order chi connectivity index (χ1) is 11.0. The van der Waals surface area contributed by atoms with Gasteiger partial charge in [0.05, 0.1) is 16.6 Å². The van der Waals surface area contributed by atoms with E-state index in [0.29, 0.717) is 26.2 Å². The van der Waals surface area contributed by atoms with Crippen LogP contribution in [0.5, 0.6) is 0 Å². The topological polar surface area (TPSA) is 50.2 Å². The molecular weight excluding hydrogens is 353 g/mol. The summed E-state index contributed by atoms with van der Waals surface area (Å²) >= 11 is 13.8. The fourth-order valence-electron chi connectivity index (χ4n) is 2.18. The zero-order chi connectivity index (χ0) is 16.4. The lowest BCUT2D eigenvalue weighted by atomic mass is 10.1. The molecule has 3 rings (SSSR count). The van der Waals surface area contributed by atoms with Crippen molar-refractivity contribution < 1.29 is 9.90 Å². The molecule has 0 spiro atoms. The maximum absolute atomic E-state index is 11.2. The lowest BCUT2D eigenvalue weighted by Crippen LogP contribution is -1.97. The van der Waals surface area contributed by atoms with E-state index in [1.54, 1.807) is 24.3 Å². The Hall–Kier alpha value is -1.88. The van der Waals surface area contributed by atoms with E-state index in [-0.39, 0.29) is 6.42 Å². The summed E-state index contributed by atoms with van der Waals surface area (Å²) < 4.78 is 1.00. The second-order valence-corrected chi connectivity index (χ2v) is 6.71. The molecule has 1 aromatic heterocycles. The minimum atomic E-state index is -0.932. The van der Waals surface area contributed by atoms with Crippen LogP contribution < -0.4 is 0 Å². The Morgan fingerprint density at radius 1 is 1.13 bits per heavy atom. The maximum atomic E-state index is 11.2. The van der Waals surface area contributed by atoms with Crippen molar-refractivity contribution in [3.05, 3.63) is 63.1 Å². The molecule has 0 aliphatic rings. The van der Waals surface area contributed by atoms with Gasteiger partial charge in [0.1, 0.15) is 5.01 Å². The number of hydrogen-bond donors (Lipinski definition) is 1. The van der Waals surface area contributed by atoms with E-state index in [4.69, 9.17) is 23.2 Å². The molecule has 0 bridgehead atoms. The van der Waals surface area contributed by atoms with Crippen molar-refractivity contribution in [2.24, 2.45) is 0 Å². The fourth-order valence-corrected chi connectivity index (χ4v) is 3.67. The molecule has 0 amide bonds. The molecule has 0 aliphatic heterocycles. The summed E-state index contributed by atoms with van der Waals surface area (Å²) in [5, 5.41) is 10.8. The van der Waals surface area contributed by atoms with Crippen molar-refractivity contribution in [3.63, 3.8) is 0 Å². The van der Waals surface area contributed by atoms with E-state index >= 15 is 0 Å². The monoisotopic (exact) mass is 363 g/mol. The van der Waals surface area contributed by atoms with Crippen LogP contribution in [0.1, 0.15) is 17.0 Å².